The summed E-state index contributed by atoms with van der Waals surface area (Å²) in [5.74, 6) is 0. The Balaban J connectivity index is 2.31. The van der Waals surface area contributed by atoms with Crippen molar-refractivity contribution in [1.29, 1.82) is 0 Å². The van der Waals surface area contributed by atoms with E-state index in [-0.39, 0.29) is 6.23 Å². The molecule has 0 saturated carbocycles. The molecule has 0 spiro atoms. The van der Waals surface area contributed by atoms with Gasteiger partial charge in [0.25, 0.3) is 0 Å². The first-order valence-electron chi connectivity index (χ1n) is 3.12. The van der Waals surface area contributed by atoms with Gasteiger partial charge in [0.15, 0.2) is 6.23 Å². The third-order valence-corrected chi connectivity index (χ3v) is 1.35. The van der Waals surface area contributed by atoms with Gasteiger partial charge in [-0.05, 0) is 19.3 Å². The lowest BCUT2D eigenvalue weighted by Gasteiger charge is -2.16. The second kappa shape index (κ2) is 3.38. The molecular weight excluding hydrogens is 118 g/mol. The molecule has 1 heterocycles. The molecule has 0 aromatic rings. The quantitative estimate of drug-likeness (QED) is 0.387. The number of isocyanates is 1. The zero-order valence-corrected chi connectivity index (χ0v) is 5.17. The lowest BCUT2D eigenvalue weighted by atomic mass is 10.2. The van der Waals surface area contributed by atoms with Gasteiger partial charge in [0, 0.05) is 6.61 Å². The number of nitrogens with zero attached hydrogens (tertiary/aromatic N) is 1. The summed E-state index contributed by atoms with van der Waals surface area (Å²) in [7, 11) is 0. The number of ether oxygens (including phenoxy) is 1. The topological polar surface area (TPSA) is 38.7 Å². The van der Waals surface area contributed by atoms with Gasteiger partial charge >= 0.3 is 0 Å². The molecule has 0 radical (unpaired) electrons. The van der Waals surface area contributed by atoms with E-state index in [0.717, 1.165) is 25.9 Å². The van der Waals surface area contributed by atoms with Crippen molar-refractivity contribution in [2.75, 3.05) is 6.61 Å². The van der Waals surface area contributed by atoms with E-state index in [4.69, 9.17) is 4.74 Å². The van der Waals surface area contributed by atoms with Crippen LogP contribution in [0.2, 0.25) is 0 Å². The van der Waals surface area contributed by atoms with Crippen LogP contribution in [0.15, 0.2) is 4.99 Å². The predicted molar refractivity (Wildman–Crippen MR) is 31.7 cm³/mol. The number of hydrogen-bond acceptors (Lipinski definition) is 3. The highest BCUT2D eigenvalue weighted by molar-refractivity contribution is 5.33. The zero-order valence-electron chi connectivity index (χ0n) is 5.17. The minimum Gasteiger partial charge on any atom is -0.356 e. The van der Waals surface area contributed by atoms with Crippen molar-refractivity contribution in [3.8, 4) is 0 Å². The number of carbonyl (C=O) groups excluding carboxylic acids is 1. The third kappa shape index (κ3) is 1.96. The van der Waals surface area contributed by atoms with Crippen LogP contribution in [0, 0.1) is 0 Å². The number of aliphatic imine (C=N–C) groups is 1. The van der Waals surface area contributed by atoms with Crippen LogP contribution >= 0.6 is 0 Å². The van der Waals surface area contributed by atoms with Gasteiger partial charge in [0.05, 0.1) is 0 Å². The maximum atomic E-state index is 9.70. The highest BCUT2D eigenvalue weighted by Crippen LogP contribution is 2.12. The van der Waals surface area contributed by atoms with Crippen LogP contribution in [0.5, 0.6) is 0 Å². The van der Waals surface area contributed by atoms with E-state index >= 15 is 0 Å². The van der Waals surface area contributed by atoms with Gasteiger partial charge in [0.1, 0.15) is 0 Å². The van der Waals surface area contributed by atoms with Crippen LogP contribution in [-0.4, -0.2) is 18.9 Å². The Morgan fingerprint density at radius 2 is 2.44 bits per heavy atom. The first-order chi connectivity index (χ1) is 4.43. The number of hydrogen-bond donors (Lipinski definition) is 0. The molecule has 0 aromatic carbocycles. The Labute approximate surface area is 53.7 Å². The second-order valence-corrected chi connectivity index (χ2v) is 2.04. The standard InChI is InChI=1S/C6H9NO2/c8-5-7-6-3-1-2-4-9-6/h6H,1-4H2/t6-/m1/s1. The first kappa shape index (κ1) is 6.46. The van der Waals surface area contributed by atoms with E-state index in [1.54, 1.807) is 0 Å². The van der Waals surface area contributed by atoms with E-state index in [9.17, 15) is 4.79 Å². The SMILES string of the molecule is O=C=N[C@H]1CCCCO1. The second-order valence-electron chi connectivity index (χ2n) is 2.04. The highest BCUT2D eigenvalue weighted by Gasteiger charge is 2.10. The van der Waals surface area contributed by atoms with Crippen LogP contribution in [0.1, 0.15) is 19.3 Å². The summed E-state index contributed by atoms with van der Waals surface area (Å²) in [6, 6.07) is 0. The molecule has 9 heavy (non-hydrogen) atoms. The summed E-state index contributed by atoms with van der Waals surface area (Å²) in [6.45, 7) is 0.732. The Morgan fingerprint density at radius 1 is 1.56 bits per heavy atom. The molecule has 0 N–H and O–H groups in total. The van der Waals surface area contributed by atoms with E-state index in [1.807, 2.05) is 0 Å². The molecule has 1 aliphatic heterocycles. The van der Waals surface area contributed by atoms with Gasteiger partial charge in [0.2, 0.25) is 6.08 Å². The molecule has 0 amide bonds. The monoisotopic (exact) mass is 127 g/mol. The molecule has 0 bridgehead atoms. The molecule has 1 atom stereocenters. The molecule has 0 unspecified atom stereocenters. The molecule has 50 valence electrons. The average Bonchev–Trinajstić information content (AvgIpc) is 1.91. The summed E-state index contributed by atoms with van der Waals surface area (Å²) in [4.78, 5) is 13.2. The molecule has 3 heteroatoms. The minimum atomic E-state index is -0.198. The lowest BCUT2D eigenvalue weighted by molar-refractivity contribution is 0.0223. The maximum absolute atomic E-state index is 9.70. The van der Waals surface area contributed by atoms with Crippen LogP contribution < -0.4 is 0 Å². The van der Waals surface area contributed by atoms with Crippen molar-refractivity contribution in [3.05, 3.63) is 0 Å². The summed E-state index contributed by atoms with van der Waals surface area (Å²) in [5, 5.41) is 0. The van der Waals surface area contributed by atoms with Crippen LogP contribution in [0.3, 0.4) is 0 Å². The molecule has 1 saturated heterocycles. The van der Waals surface area contributed by atoms with Crippen LogP contribution in [-0.2, 0) is 9.53 Å². The van der Waals surface area contributed by atoms with Crippen molar-refractivity contribution >= 4 is 6.08 Å². The van der Waals surface area contributed by atoms with Crippen LogP contribution in [0.25, 0.3) is 0 Å². The minimum absolute atomic E-state index is 0.198. The van der Waals surface area contributed by atoms with Crippen molar-refractivity contribution in [2.45, 2.75) is 25.5 Å². The molecule has 0 aliphatic carbocycles. The largest absolute Gasteiger partial charge is 0.356 e. The van der Waals surface area contributed by atoms with E-state index in [2.05, 4.69) is 4.99 Å². The average molecular weight is 127 g/mol. The Hall–Kier alpha value is -0.660. The molecule has 1 fully saturated rings. The van der Waals surface area contributed by atoms with Gasteiger partial charge in [-0.25, -0.2) is 4.79 Å². The highest BCUT2D eigenvalue weighted by atomic mass is 16.5. The Kier molecular flexibility index (Phi) is 2.43. The fraction of sp³-hybridized carbons (Fsp3) is 0.833. The van der Waals surface area contributed by atoms with Gasteiger partial charge in [-0.1, -0.05) is 0 Å². The molecule has 1 rings (SSSR count). The van der Waals surface area contributed by atoms with Crippen LogP contribution in [0.4, 0.5) is 0 Å². The smallest absolute Gasteiger partial charge is 0.237 e. The van der Waals surface area contributed by atoms with E-state index in [0.29, 0.717) is 0 Å². The summed E-state index contributed by atoms with van der Waals surface area (Å²) >= 11 is 0. The van der Waals surface area contributed by atoms with Gasteiger partial charge in [-0.3, -0.25) is 0 Å². The zero-order chi connectivity index (χ0) is 6.53. The molecular formula is C6H9NO2. The van der Waals surface area contributed by atoms with Crippen molar-refractivity contribution in [2.24, 2.45) is 4.99 Å². The van der Waals surface area contributed by atoms with E-state index in [1.165, 1.54) is 6.08 Å². The summed E-state index contributed by atoms with van der Waals surface area (Å²) in [6.07, 6.45) is 4.35. The number of rotatable bonds is 1. The maximum Gasteiger partial charge on any atom is 0.237 e. The van der Waals surface area contributed by atoms with Crippen molar-refractivity contribution < 1.29 is 9.53 Å². The van der Waals surface area contributed by atoms with Crippen molar-refractivity contribution in [3.63, 3.8) is 0 Å². The van der Waals surface area contributed by atoms with Gasteiger partial charge < -0.3 is 4.74 Å². The van der Waals surface area contributed by atoms with E-state index < -0.39 is 0 Å². The predicted octanol–water partition coefficient (Wildman–Crippen LogP) is 0.849. The molecule has 1 aliphatic rings. The van der Waals surface area contributed by atoms with Gasteiger partial charge in [-0.2, -0.15) is 4.99 Å². The van der Waals surface area contributed by atoms with Gasteiger partial charge in [-0.15, -0.1) is 0 Å². The molecule has 3 nitrogen and oxygen atoms in total. The Morgan fingerprint density at radius 3 is 3.00 bits per heavy atom. The first-order valence-corrected chi connectivity index (χ1v) is 3.12. The summed E-state index contributed by atoms with van der Waals surface area (Å²) < 4.78 is 5.09. The summed E-state index contributed by atoms with van der Waals surface area (Å²) in [5.41, 5.74) is 0. The lowest BCUT2D eigenvalue weighted by Crippen LogP contribution is -2.15. The normalized spacial score (nSPS) is 26.9. The molecule has 0 aromatic heterocycles. The fourth-order valence-corrected chi connectivity index (χ4v) is 0.884. The third-order valence-electron chi connectivity index (χ3n) is 1.35. The Bertz CT molecular complexity index is 123. The fourth-order valence-electron chi connectivity index (χ4n) is 0.884. The van der Waals surface area contributed by atoms with Crippen molar-refractivity contribution in [1.82, 2.24) is 0 Å².